The maximum absolute atomic E-state index is 12.4. The van der Waals surface area contributed by atoms with E-state index in [0.717, 1.165) is 5.56 Å². The van der Waals surface area contributed by atoms with Crippen LogP contribution >= 0.6 is 0 Å². The van der Waals surface area contributed by atoms with Crippen molar-refractivity contribution in [2.24, 2.45) is 0 Å². The quantitative estimate of drug-likeness (QED) is 0.804. The lowest BCUT2D eigenvalue weighted by atomic mass is 10.2. The Hall–Kier alpha value is -3.15. The molecule has 23 heavy (non-hydrogen) atoms. The summed E-state index contributed by atoms with van der Waals surface area (Å²) in [5, 5.41) is 2.85. The number of hydrogen-bond acceptors (Lipinski definition) is 4. The number of carbonyl (C=O) groups excluding carboxylic acids is 1. The Labute approximate surface area is 133 Å². The normalized spacial score (nSPS) is 10.3. The van der Waals surface area contributed by atoms with Crippen LogP contribution in [0.1, 0.15) is 15.9 Å². The molecule has 0 bridgehead atoms. The van der Waals surface area contributed by atoms with Crippen LogP contribution < -0.4 is 10.1 Å². The van der Waals surface area contributed by atoms with Gasteiger partial charge in [-0.05, 0) is 36.8 Å². The summed E-state index contributed by atoms with van der Waals surface area (Å²) in [4.78, 5) is 20.6. The summed E-state index contributed by atoms with van der Waals surface area (Å²) < 4.78 is 7.03. The number of imidazole rings is 1. The molecule has 2 aromatic heterocycles. The number of nitrogens with one attached hydrogen (secondary N) is 1. The van der Waals surface area contributed by atoms with Gasteiger partial charge in [0.1, 0.15) is 17.9 Å². The van der Waals surface area contributed by atoms with E-state index >= 15 is 0 Å². The summed E-state index contributed by atoms with van der Waals surface area (Å²) in [6, 6.07) is 9.11. The third kappa shape index (κ3) is 3.21. The molecule has 0 aliphatic carbocycles. The van der Waals surface area contributed by atoms with Crippen LogP contribution in [-0.2, 0) is 0 Å². The number of benzene rings is 1. The first-order valence-corrected chi connectivity index (χ1v) is 7.08. The summed E-state index contributed by atoms with van der Waals surface area (Å²) in [6.45, 7) is 1.95. The molecule has 0 fully saturated rings. The first kappa shape index (κ1) is 14.8. The lowest BCUT2D eigenvalue weighted by molar-refractivity contribution is 0.102. The molecule has 3 rings (SSSR count). The zero-order valence-electron chi connectivity index (χ0n) is 12.9. The molecule has 0 aliphatic heterocycles. The molecule has 116 valence electrons. The number of hydrogen-bond donors (Lipinski definition) is 1. The van der Waals surface area contributed by atoms with E-state index in [1.54, 1.807) is 42.5 Å². The van der Waals surface area contributed by atoms with Crippen LogP contribution in [0.5, 0.6) is 5.75 Å². The van der Waals surface area contributed by atoms with Crippen molar-refractivity contribution >= 4 is 11.6 Å². The number of aryl methyl sites for hydroxylation is 1. The lowest BCUT2D eigenvalue weighted by Gasteiger charge is -2.11. The van der Waals surface area contributed by atoms with Gasteiger partial charge in [0.2, 0.25) is 0 Å². The van der Waals surface area contributed by atoms with Gasteiger partial charge in [0.25, 0.3) is 5.91 Å². The molecule has 6 heteroatoms. The number of rotatable bonds is 4. The van der Waals surface area contributed by atoms with E-state index in [2.05, 4.69) is 15.3 Å². The Kier molecular flexibility index (Phi) is 4.05. The Morgan fingerprint density at radius 1 is 1.26 bits per heavy atom. The number of ether oxygens (including phenoxy) is 1. The highest BCUT2D eigenvalue weighted by atomic mass is 16.5. The average Bonchev–Trinajstić information content (AvgIpc) is 3.10. The van der Waals surface area contributed by atoms with Gasteiger partial charge in [0.15, 0.2) is 0 Å². The van der Waals surface area contributed by atoms with Crippen molar-refractivity contribution in [3.8, 4) is 11.6 Å². The number of carbonyl (C=O) groups is 1. The first-order chi connectivity index (χ1) is 11.2. The van der Waals surface area contributed by atoms with Crippen LogP contribution in [0.2, 0.25) is 0 Å². The van der Waals surface area contributed by atoms with Crippen molar-refractivity contribution in [2.45, 2.75) is 6.92 Å². The van der Waals surface area contributed by atoms with Gasteiger partial charge in [-0.15, -0.1) is 0 Å². The Balaban J connectivity index is 1.80. The third-order valence-corrected chi connectivity index (χ3v) is 3.38. The molecule has 0 radical (unpaired) electrons. The van der Waals surface area contributed by atoms with Crippen LogP contribution in [0.4, 0.5) is 5.69 Å². The molecular formula is C17H16N4O2. The Morgan fingerprint density at radius 2 is 2.13 bits per heavy atom. The number of methoxy groups -OCH3 is 1. The predicted octanol–water partition coefficient (Wildman–Crippen LogP) is 2.84. The van der Waals surface area contributed by atoms with Gasteiger partial charge in [-0.25, -0.2) is 9.97 Å². The number of aromatic nitrogens is 3. The largest absolute Gasteiger partial charge is 0.495 e. The van der Waals surface area contributed by atoms with E-state index in [0.29, 0.717) is 22.8 Å². The molecule has 1 amide bonds. The number of nitrogens with zero attached hydrogens (tertiary/aromatic N) is 3. The van der Waals surface area contributed by atoms with E-state index in [9.17, 15) is 4.79 Å². The second-order valence-electron chi connectivity index (χ2n) is 5.03. The molecule has 2 heterocycles. The van der Waals surface area contributed by atoms with Crippen molar-refractivity contribution in [1.29, 1.82) is 0 Å². The minimum Gasteiger partial charge on any atom is -0.495 e. The fraction of sp³-hybridized carbons (Fsp3) is 0.118. The SMILES string of the molecule is COc1ccc(C)cc1NC(=O)c1ccc(-n2ccnc2)nc1. The third-order valence-electron chi connectivity index (χ3n) is 3.38. The summed E-state index contributed by atoms with van der Waals surface area (Å²) in [7, 11) is 1.57. The zero-order chi connectivity index (χ0) is 16.2. The van der Waals surface area contributed by atoms with Gasteiger partial charge < -0.3 is 10.1 Å². The van der Waals surface area contributed by atoms with Gasteiger partial charge in [-0.2, -0.15) is 0 Å². The van der Waals surface area contributed by atoms with Crippen LogP contribution in [0.3, 0.4) is 0 Å². The molecule has 0 aliphatic rings. The van der Waals surface area contributed by atoms with Crippen molar-refractivity contribution in [1.82, 2.24) is 14.5 Å². The van der Waals surface area contributed by atoms with E-state index in [1.807, 2.05) is 25.1 Å². The van der Waals surface area contributed by atoms with Crippen LogP contribution in [-0.4, -0.2) is 27.6 Å². The molecule has 0 atom stereocenters. The summed E-state index contributed by atoms with van der Waals surface area (Å²) >= 11 is 0. The topological polar surface area (TPSA) is 69.0 Å². The van der Waals surface area contributed by atoms with Crippen molar-refractivity contribution in [3.05, 3.63) is 66.4 Å². The van der Waals surface area contributed by atoms with E-state index in [1.165, 1.54) is 6.20 Å². The molecule has 1 N–H and O–H groups in total. The van der Waals surface area contributed by atoms with Gasteiger partial charge in [0.05, 0.1) is 18.4 Å². The van der Waals surface area contributed by atoms with Gasteiger partial charge >= 0.3 is 0 Å². The fourth-order valence-electron chi connectivity index (χ4n) is 2.18. The van der Waals surface area contributed by atoms with Crippen LogP contribution in [0.15, 0.2) is 55.2 Å². The fourth-order valence-corrected chi connectivity index (χ4v) is 2.18. The molecule has 3 aromatic rings. The van der Waals surface area contributed by atoms with E-state index < -0.39 is 0 Å². The molecule has 0 unspecified atom stereocenters. The lowest BCUT2D eigenvalue weighted by Crippen LogP contribution is -2.13. The summed E-state index contributed by atoms with van der Waals surface area (Å²) in [5.74, 6) is 1.08. The molecule has 6 nitrogen and oxygen atoms in total. The van der Waals surface area contributed by atoms with Gasteiger partial charge in [-0.1, -0.05) is 6.07 Å². The summed E-state index contributed by atoms with van der Waals surface area (Å²) in [6.07, 6.45) is 6.65. The van der Waals surface area contributed by atoms with Crippen LogP contribution in [0, 0.1) is 6.92 Å². The predicted molar refractivity (Wildman–Crippen MR) is 87.0 cm³/mol. The number of amides is 1. The monoisotopic (exact) mass is 308 g/mol. The highest BCUT2D eigenvalue weighted by molar-refractivity contribution is 6.04. The average molecular weight is 308 g/mol. The zero-order valence-corrected chi connectivity index (χ0v) is 12.9. The Bertz CT molecular complexity index is 811. The standard InChI is InChI=1S/C17H16N4O2/c1-12-3-5-15(23-2)14(9-12)20-17(22)13-4-6-16(19-10-13)21-8-7-18-11-21/h3-11H,1-2H3,(H,20,22). The minimum atomic E-state index is -0.237. The number of anilines is 1. The molecule has 1 aromatic carbocycles. The van der Waals surface area contributed by atoms with E-state index in [-0.39, 0.29) is 5.91 Å². The van der Waals surface area contributed by atoms with Gasteiger partial charge in [-0.3, -0.25) is 9.36 Å². The van der Waals surface area contributed by atoms with Crippen molar-refractivity contribution in [2.75, 3.05) is 12.4 Å². The molecular weight excluding hydrogens is 292 g/mol. The van der Waals surface area contributed by atoms with Gasteiger partial charge in [0, 0.05) is 18.6 Å². The molecule has 0 saturated heterocycles. The smallest absolute Gasteiger partial charge is 0.257 e. The maximum Gasteiger partial charge on any atom is 0.257 e. The van der Waals surface area contributed by atoms with Crippen molar-refractivity contribution < 1.29 is 9.53 Å². The van der Waals surface area contributed by atoms with E-state index in [4.69, 9.17) is 4.74 Å². The highest BCUT2D eigenvalue weighted by Gasteiger charge is 2.11. The van der Waals surface area contributed by atoms with Crippen LogP contribution in [0.25, 0.3) is 5.82 Å². The first-order valence-electron chi connectivity index (χ1n) is 7.08. The van der Waals surface area contributed by atoms with Crippen molar-refractivity contribution in [3.63, 3.8) is 0 Å². The minimum absolute atomic E-state index is 0.237. The number of pyridine rings is 1. The second kappa shape index (κ2) is 6.31. The molecule has 0 spiro atoms. The second-order valence-corrected chi connectivity index (χ2v) is 5.03. The maximum atomic E-state index is 12.4. The molecule has 0 saturated carbocycles. The Morgan fingerprint density at radius 3 is 2.78 bits per heavy atom. The highest BCUT2D eigenvalue weighted by Crippen LogP contribution is 2.25. The summed E-state index contributed by atoms with van der Waals surface area (Å²) in [5.41, 5.74) is 2.14.